The normalized spacial score (nSPS) is 15.5. The molecule has 0 aromatic heterocycles. The van der Waals surface area contributed by atoms with Gasteiger partial charge in [-0.3, -0.25) is 4.90 Å². The van der Waals surface area contributed by atoms with E-state index in [1.807, 2.05) is 24.3 Å². The number of benzene rings is 2. The predicted octanol–water partition coefficient (Wildman–Crippen LogP) is 3.75. The van der Waals surface area contributed by atoms with Crippen LogP contribution in [0.25, 0.3) is 0 Å². The van der Waals surface area contributed by atoms with Crippen LogP contribution in [0.2, 0.25) is 0 Å². The highest BCUT2D eigenvalue weighted by atomic mass is 32.2. The van der Waals surface area contributed by atoms with Crippen molar-refractivity contribution in [2.24, 2.45) is 0 Å². The topological polar surface area (TPSA) is 15.7 Å². The molecular formula is C19H23FN2OS. The smallest absolute Gasteiger partial charge is 0.123 e. The Hall–Kier alpha value is -1.72. The van der Waals surface area contributed by atoms with Crippen molar-refractivity contribution in [1.29, 1.82) is 0 Å². The summed E-state index contributed by atoms with van der Waals surface area (Å²) in [5.41, 5.74) is 1.23. The van der Waals surface area contributed by atoms with Crippen molar-refractivity contribution >= 4 is 17.4 Å². The molecule has 3 rings (SSSR count). The van der Waals surface area contributed by atoms with E-state index in [0.29, 0.717) is 0 Å². The molecule has 0 aliphatic carbocycles. The molecule has 1 heterocycles. The second-order valence-electron chi connectivity index (χ2n) is 5.83. The lowest BCUT2D eigenvalue weighted by molar-refractivity contribution is 0.273. The van der Waals surface area contributed by atoms with Crippen molar-refractivity contribution in [2.75, 3.05) is 50.5 Å². The summed E-state index contributed by atoms with van der Waals surface area (Å²) in [6.45, 7) is 5.28. The maximum Gasteiger partial charge on any atom is 0.123 e. The number of methoxy groups -OCH3 is 1. The highest BCUT2D eigenvalue weighted by Crippen LogP contribution is 2.22. The largest absolute Gasteiger partial charge is 0.497 e. The Morgan fingerprint density at radius 1 is 1.04 bits per heavy atom. The number of hydrogen-bond donors (Lipinski definition) is 0. The highest BCUT2D eigenvalue weighted by molar-refractivity contribution is 7.99. The predicted molar refractivity (Wildman–Crippen MR) is 98.8 cm³/mol. The molecule has 24 heavy (non-hydrogen) atoms. The van der Waals surface area contributed by atoms with Gasteiger partial charge in [0.1, 0.15) is 11.6 Å². The molecular weight excluding hydrogens is 323 g/mol. The lowest BCUT2D eigenvalue weighted by Gasteiger charge is -2.36. The first kappa shape index (κ1) is 17.1. The number of hydrogen-bond acceptors (Lipinski definition) is 4. The number of anilines is 1. The molecule has 0 saturated carbocycles. The van der Waals surface area contributed by atoms with E-state index in [2.05, 4.69) is 21.9 Å². The zero-order chi connectivity index (χ0) is 16.8. The van der Waals surface area contributed by atoms with Crippen LogP contribution in [0.4, 0.5) is 10.1 Å². The third-order valence-corrected chi connectivity index (χ3v) is 5.27. The highest BCUT2D eigenvalue weighted by Gasteiger charge is 2.17. The Labute approximate surface area is 147 Å². The van der Waals surface area contributed by atoms with Gasteiger partial charge in [-0.25, -0.2) is 4.39 Å². The molecule has 128 valence electrons. The van der Waals surface area contributed by atoms with Gasteiger partial charge in [-0.05, 0) is 36.4 Å². The molecule has 0 unspecified atom stereocenters. The van der Waals surface area contributed by atoms with Crippen molar-refractivity contribution in [2.45, 2.75) is 4.90 Å². The van der Waals surface area contributed by atoms with Gasteiger partial charge in [-0.1, -0.05) is 6.07 Å². The van der Waals surface area contributed by atoms with Crippen molar-refractivity contribution in [3.8, 4) is 5.75 Å². The van der Waals surface area contributed by atoms with Gasteiger partial charge >= 0.3 is 0 Å². The van der Waals surface area contributed by atoms with E-state index in [9.17, 15) is 4.39 Å². The third-order valence-electron chi connectivity index (χ3n) is 4.28. The zero-order valence-electron chi connectivity index (χ0n) is 14.0. The Morgan fingerprint density at radius 3 is 2.50 bits per heavy atom. The van der Waals surface area contributed by atoms with E-state index in [1.165, 1.54) is 17.8 Å². The quantitative estimate of drug-likeness (QED) is 0.740. The van der Waals surface area contributed by atoms with Gasteiger partial charge < -0.3 is 9.64 Å². The van der Waals surface area contributed by atoms with Gasteiger partial charge in [-0.15, -0.1) is 11.8 Å². The molecule has 0 amide bonds. The Kier molecular flexibility index (Phi) is 5.99. The molecule has 3 nitrogen and oxygen atoms in total. The Bertz CT molecular complexity index is 642. The molecule has 0 radical (unpaired) electrons. The monoisotopic (exact) mass is 346 g/mol. The van der Waals surface area contributed by atoms with Crippen molar-refractivity contribution in [1.82, 2.24) is 4.90 Å². The van der Waals surface area contributed by atoms with Gasteiger partial charge in [0.05, 0.1) is 7.11 Å². The molecule has 2 aromatic rings. The summed E-state index contributed by atoms with van der Waals surface area (Å²) in [6, 6.07) is 15.0. The number of thioether (sulfide) groups is 1. The fraction of sp³-hybridized carbons (Fsp3) is 0.368. The van der Waals surface area contributed by atoms with Crippen molar-refractivity contribution in [3.05, 3.63) is 54.3 Å². The van der Waals surface area contributed by atoms with E-state index in [1.54, 1.807) is 18.9 Å². The molecule has 0 spiro atoms. The van der Waals surface area contributed by atoms with Crippen LogP contribution in [0.5, 0.6) is 5.75 Å². The molecule has 1 aliphatic heterocycles. The number of rotatable bonds is 6. The summed E-state index contributed by atoms with van der Waals surface area (Å²) >= 11 is 1.79. The van der Waals surface area contributed by atoms with Crippen molar-refractivity contribution < 1.29 is 9.13 Å². The second kappa shape index (κ2) is 8.40. The first-order valence-corrected chi connectivity index (χ1v) is 9.23. The summed E-state index contributed by atoms with van der Waals surface area (Å²) in [5, 5.41) is 0. The van der Waals surface area contributed by atoms with Crippen LogP contribution in [0.15, 0.2) is 53.4 Å². The molecule has 2 aromatic carbocycles. The number of ether oxygens (including phenoxy) is 1. The summed E-state index contributed by atoms with van der Waals surface area (Å²) in [6.07, 6.45) is 0. The van der Waals surface area contributed by atoms with Crippen LogP contribution in [0.3, 0.4) is 0 Å². The van der Waals surface area contributed by atoms with Crippen molar-refractivity contribution in [3.63, 3.8) is 0 Å². The minimum atomic E-state index is -0.173. The van der Waals surface area contributed by atoms with E-state index < -0.39 is 0 Å². The van der Waals surface area contributed by atoms with E-state index in [-0.39, 0.29) is 5.82 Å². The first-order valence-electron chi connectivity index (χ1n) is 8.24. The first-order chi connectivity index (χ1) is 11.7. The summed E-state index contributed by atoms with van der Waals surface area (Å²) in [4.78, 5) is 6.03. The lowest BCUT2D eigenvalue weighted by Crippen LogP contribution is -2.47. The maximum atomic E-state index is 12.9. The fourth-order valence-corrected chi connectivity index (χ4v) is 3.77. The molecule has 1 saturated heterocycles. The molecule has 1 aliphatic rings. The standard InChI is InChI=1S/C19H23FN2OS/c1-23-18-4-2-3-17(15-18)22-11-9-21(10-12-22)13-14-24-19-7-5-16(20)6-8-19/h2-8,15H,9-14H2,1H3. The van der Waals surface area contributed by atoms with Crippen LogP contribution in [-0.2, 0) is 0 Å². The summed E-state index contributed by atoms with van der Waals surface area (Å²) in [5.74, 6) is 1.77. The average Bonchev–Trinajstić information content (AvgIpc) is 2.64. The van der Waals surface area contributed by atoms with Crippen LogP contribution in [0.1, 0.15) is 0 Å². The Morgan fingerprint density at radius 2 is 1.79 bits per heavy atom. The molecule has 5 heteroatoms. The second-order valence-corrected chi connectivity index (χ2v) is 7.00. The third kappa shape index (κ3) is 4.65. The lowest BCUT2D eigenvalue weighted by atomic mass is 10.2. The number of halogens is 1. The van der Waals surface area contributed by atoms with E-state index >= 15 is 0 Å². The molecule has 1 fully saturated rings. The van der Waals surface area contributed by atoms with Crippen LogP contribution < -0.4 is 9.64 Å². The van der Waals surface area contributed by atoms with Gasteiger partial charge in [0.25, 0.3) is 0 Å². The molecule has 0 bridgehead atoms. The molecule has 0 N–H and O–H groups in total. The Balaban J connectivity index is 1.42. The van der Waals surface area contributed by atoms with Gasteiger partial charge in [0.15, 0.2) is 0 Å². The fourth-order valence-electron chi connectivity index (χ4n) is 2.86. The minimum absolute atomic E-state index is 0.173. The maximum absolute atomic E-state index is 12.9. The van der Waals surface area contributed by atoms with Crippen LogP contribution >= 0.6 is 11.8 Å². The average molecular weight is 346 g/mol. The summed E-state index contributed by atoms with van der Waals surface area (Å²) in [7, 11) is 1.70. The SMILES string of the molecule is COc1cccc(N2CCN(CCSc3ccc(F)cc3)CC2)c1. The summed E-state index contributed by atoms with van der Waals surface area (Å²) < 4.78 is 18.2. The van der Waals surface area contributed by atoms with E-state index in [4.69, 9.17) is 4.74 Å². The molecule has 0 atom stereocenters. The van der Waals surface area contributed by atoms with Gasteiger partial charge in [-0.2, -0.15) is 0 Å². The minimum Gasteiger partial charge on any atom is -0.497 e. The van der Waals surface area contributed by atoms with Gasteiger partial charge in [0, 0.05) is 55.1 Å². The number of piperazine rings is 1. The van der Waals surface area contributed by atoms with Gasteiger partial charge in [0.2, 0.25) is 0 Å². The van der Waals surface area contributed by atoms with Crippen LogP contribution in [0, 0.1) is 5.82 Å². The van der Waals surface area contributed by atoms with E-state index in [0.717, 1.165) is 49.1 Å². The zero-order valence-corrected chi connectivity index (χ0v) is 14.8. The number of nitrogens with zero attached hydrogens (tertiary/aromatic N) is 2. The van der Waals surface area contributed by atoms with Crippen LogP contribution in [-0.4, -0.2) is 50.5 Å².